The quantitative estimate of drug-likeness (QED) is 0.737. The fourth-order valence-corrected chi connectivity index (χ4v) is 2.22. The first-order chi connectivity index (χ1) is 9.08. The van der Waals surface area contributed by atoms with Crippen LogP contribution in [0.5, 0.6) is 0 Å². The monoisotopic (exact) mass is 262 g/mol. The second-order valence-corrected chi connectivity index (χ2v) is 5.19. The summed E-state index contributed by atoms with van der Waals surface area (Å²) in [4.78, 5) is 12.3. The smallest absolute Gasteiger partial charge is 0.253 e. The van der Waals surface area contributed by atoms with E-state index in [1.165, 1.54) is 0 Å². The number of rotatable bonds is 7. The number of hydrogen-bond acceptors (Lipinski definition) is 2. The van der Waals surface area contributed by atoms with Crippen LogP contribution in [0.4, 0.5) is 5.69 Å². The molecule has 1 amide bonds. The number of carbonyl (C=O) groups is 1. The van der Waals surface area contributed by atoms with Gasteiger partial charge in [0.25, 0.3) is 5.91 Å². The van der Waals surface area contributed by atoms with Crippen LogP contribution in [-0.4, -0.2) is 11.9 Å². The number of carbonyl (C=O) groups excluding carboxylic acids is 1. The van der Waals surface area contributed by atoms with Gasteiger partial charge >= 0.3 is 0 Å². The van der Waals surface area contributed by atoms with Gasteiger partial charge < -0.3 is 11.1 Å². The third-order valence-corrected chi connectivity index (χ3v) is 3.33. The zero-order chi connectivity index (χ0) is 14.3. The minimum Gasteiger partial charge on any atom is -0.398 e. The minimum atomic E-state index is -0.0456. The van der Waals surface area contributed by atoms with Gasteiger partial charge in [-0.3, -0.25) is 4.79 Å². The van der Waals surface area contributed by atoms with E-state index in [2.05, 4.69) is 19.2 Å². The molecule has 0 saturated heterocycles. The van der Waals surface area contributed by atoms with Gasteiger partial charge in [0.15, 0.2) is 0 Å². The number of unbranched alkanes of at least 4 members (excludes halogenated alkanes) is 1. The Bertz CT molecular complexity index is 415. The molecule has 0 aliphatic rings. The van der Waals surface area contributed by atoms with Crippen LogP contribution in [0.15, 0.2) is 18.2 Å². The van der Waals surface area contributed by atoms with Crippen LogP contribution in [0, 0.1) is 6.92 Å². The fourth-order valence-electron chi connectivity index (χ4n) is 2.22. The molecular formula is C16H26N2O. The molecule has 3 heteroatoms. The maximum atomic E-state index is 12.3. The first kappa shape index (κ1) is 15.5. The number of nitrogens with one attached hydrogen (secondary N) is 1. The molecule has 106 valence electrons. The molecule has 3 N–H and O–H groups in total. The largest absolute Gasteiger partial charge is 0.398 e. The summed E-state index contributed by atoms with van der Waals surface area (Å²) >= 11 is 0. The maximum Gasteiger partial charge on any atom is 0.253 e. The van der Waals surface area contributed by atoms with Gasteiger partial charge in [-0.15, -0.1) is 0 Å². The van der Waals surface area contributed by atoms with Crippen molar-refractivity contribution in [2.45, 2.75) is 58.9 Å². The molecule has 1 rings (SSSR count). The predicted molar refractivity (Wildman–Crippen MR) is 81.3 cm³/mol. The van der Waals surface area contributed by atoms with Crippen LogP contribution in [0.1, 0.15) is 61.9 Å². The lowest BCUT2D eigenvalue weighted by molar-refractivity contribution is 0.0933. The van der Waals surface area contributed by atoms with E-state index in [0.29, 0.717) is 11.3 Å². The van der Waals surface area contributed by atoms with Crippen molar-refractivity contribution in [1.29, 1.82) is 0 Å². The van der Waals surface area contributed by atoms with Crippen molar-refractivity contribution >= 4 is 11.6 Å². The standard InChI is InChI=1S/C16H26N2O/c1-4-6-8-13(7-5-2)18-16(19)14-11-12(3)9-10-15(14)17/h9-11,13H,4-8,17H2,1-3H3,(H,18,19). The third-order valence-electron chi connectivity index (χ3n) is 3.33. The maximum absolute atomic E-state index is 12.3. The molecule has 0 aliphatic heterocycles. The van der Waals surface area contributed by atoms with E-state index in [1.807, 2.05) is 19.1 Å². The van der Waals surface area contributed by atoms with Gasteiger partial charge in [-0.05, 0) is 31.9 Å². The molecule has 0 spiro atoms. The topological polar surface area (TPSA) is 55.1 Å². The number of nitrogen functional groups attached to an aromatic ring is 1. The second kappa shape index (κ2) is 7.82. The molecule has 0 saturated carbocycles. The fraction of sp³-hybridized carbons (Fsp3) is 0.562. The molecule has 3 nitrogen and oxygen atoms in total. The summed E-state index contributed by atoms with van der Waals surface area (Å²) in [6.45, 7) is 6.28. The highest BCUT2D eigenvalue weighted by molar-refractivity contribution is 5.99. The predicted octanol–water partition coefficient (Wildman–Crippen LogP) is 3.67. The Morgan fingerprint density at radius 1 is 1.26 bits per heavy atom. The lowest BCUT2D eigenvalue weighted by atomic mass is 10.0. The van der Waals surface area contributed by atoms with E-state index in [9.17, 15) is 4.79 Å². The van der Waals surface area contributed by atoms with Gasteiger partial charge in [0.2, 0.25) is 0 Å². The molecule has 0 heterocycles. The summed E-state index contributed by atoms with van der Waals surface area (Å²) in [5, 5.41) is 3.12. The van der Waals surface area contributed by atoms with Crippen molar-refractivity contribution in [3.05, 3.63) is 29.3 Å². The lowest BCUT2D eigenvalue weighted by Crippen LogP contribution is -2.35. The number of nitrogens with two attached hydrogens (primary N) is 1. The Kier molecular flexibility index (Phi) is 6.40. The zero-order valence-electron chi connectivity index (χ0n) is 12.3. The number of hydrogen-bond donors (Lipinski definition) is 2. The summed E-state index contributed by atoms with van der Waals surface area (Å²) in [7, 11) is 0. The number of anilines is 1. The average molecular weight is 262 g/mol. The van der Waals surface area contributed by atoms with Crippen molar-refractivity contribution in [1.82, 2.24) is 5.32 Å². The Hall–Kier alpha value is -1.51. The van der Waals surface area contributed by atoms with Crippen molar-refractivity contribution in [2.24, 2.45) is 0 Å². The average Bonchev–Trinajstić information content (AvgIpc) is 2.39. The number of aryl methyl sites for hydroxylation is 1. The summed E-state index contributed by atoms with van der Waals surface area (Å²) < 4.78 is 0. The van der Waals surface area contributed by atoms with Gasteiger partial charge in [0.1, 0.15) is 0 Å². The van der Waals surface area contributed by atoms with Crippen LogP contribution < -0.4 is 11.1 Å². The molecule has 1 unspecified atom stereocenters. The molecular weight excluding hydrogens is 236 g/mol. The molecule has 19 heavy (non-hydrogen) atoms. The summed E-state index contributed by atoms with van der Waals surface area (Å²) in [6.07, 6.45) is 5.45. The Morgan fingerprint density at radius 3 is 2.63 bits per heavy atom. The first-order valence-electron chi connectivity index (χ1n) is 7.25. The Morgan fingerprint density at radius 2 is 2.00 bits per heavy atom. The Labute approximate surface area is 116 Å². The van der Waals surface area contributed by atoms with E-state index < -0.39 is 0 Å². The molecule has 0 fully saturated rings. The second-order valence-electron chi connectivity index (χ2n) is 5.19. The van der Waals surface area contributed by atoms with E-state index in [1.54, 1.807) is 6.07 Å². The minimum absolute atomic E-state index is 0.0456. The molecule has 1 atom stereocenters. The summed E-state index contributed by atoms with van der Waals surface area (Å²) in [6, 6.07) is 5.84. The number of amides is 1. The molecule has 0 bridgehead atoms. The lowest BCUT2D eigenvalue weighted by Gasteiger charge is -2.18. The summed E-state index contributed by atoms with van der Waals surface area (Å²) in [5.74, 6) is -0.0456. The van der Waals surface area contributed by atoms with Gasteiger partial charge in [-0.1, -0.05) is 44.7 Å². The van der Waals surface area contributed by atoms with Crippen molar-refractivity contribution in [2.75, 3.05) is 5.73 Å². The molecule has 1 aromatic carbocycles. The van der Waals surface area contributed by atoms with Crippen molar-refractivity contribution < 1.29 is 4.79 Å². The molecule has 1 aromatic rings. The van der Waals surface area contributed by atoms with E-state index in [4.69, 9.17) is 5.73 Å². The highest BCUT2D eigenvalue weighted by Gasteiger charge is 2.14. The molecule has 0 radical (unpaired) electrons. The van der Waals surface area contributed by atoms with Gasteiger partial charge in [0, 0.05) is 11.7 Å². The normalized spacial score (nSPS) is 12.2. The van der Waals surface area contributed by atoms with Crippen LogP contribution in [0.25, 0.3) is 0 Å². The SMILES string of the molecule is CCCCC(CCC)NC(=O)c1cc(C)ccc1N. The van der Waals surface area contributed by atoms with E-state index in [0.717, 1.165) is 37.7 Å². The van der Waals surface area contributed by atoms with E-state index >= 15 is 0 Å². The third kappa shape index (κ3) is 4.93. The van der Waals surface area contributed by atoms with Crippen molar-refractivity contribution in [3.63, 3.8) is 0 Å². The highest BCUT2D eigenvalue weighted by Crippen LogP contribution is 2.15. The highest BCUT2D eigenvalue weighted by atomic mass is 16.1. The van der Waals surface area contributed by atoms with Crippen LogP contribution in [0.2, 0.25) is 0 Å². The van der Waals surface area contributed by atoms with Crippen LogP contribution in [-0.2, 0) is 0 Å². The first-order valence-corrected chi connectivity index (χ1v) is 7.25. The zero-order valence-corrected chi connectivity index (χ0v) is 12.3. The van der Waals surface area contributed by atoms with Crippen molar-refractivity contribution in [3.8, 4) is 0 Å². The number of benzene rings is 1. The van der Waals surface area contributed by atoms with Gasteiger partial charge in [0.05, 0.1) is 5.56 Å². The molecule has 0 aliphatic carbocycles. The Balaban J connectivity index is 2.72. The molecule has 0 aromatic heterocycles. The van der Waals surface area contributed by atoms with E-state index in [-0.39, 0.29) is 11.9 Å². The van der Waals surface area contributed by atoms with Gasteiger partial charge in [-0.2, -0.15) is 0 Å². The summed E-state index contributed by atoms with van der Waals surface area (Å²) in [5.41, 5.74) is 8.08. The van der Waals surface area contributed by atoms with Gasteiger partial charge in [-0.25, -0.2) is 0 Å². The van der Waals surface area contributed by atoms with Crippen LogP contribution >= 0.6 is 0 Å². The van der Waals surface area contributed by atoms with Crippen LogP contribution in [0.3, 0.4) is 0 Å².